The van der Waals surface area contributed by atoms with Gasteiger partial charge in [0.1, 0.15) is 11.5 Å². The summed E-state index contributed by atoms with van der Waals surface area (Å²) in [6.45, 7) is 4.40. The van der Waals surface area contributed by atoms with Crippen LogP contribution >= 0.6 is 11.8 Å². The SMILES string of the molecule is CCOc1ccccc1-c1nc(CSc2nc3ccccc3c(=O)n2-c2ccc(N(C)C)cc2)c(C)o1. The third kappa shape index (κ3) is 4.97. The minimum atomic E-state index is -0.103. The summed E-state index contributed by atoms with van der Waals surface area (Å²) in [5.41, 5.74) is 3.99. The lowest BCUT2D eigenvalue weighted by atomic mass is 10.2. The second kappa shape index (κ2) is 10.5. The van der Waals surface area contributed by atoms with E-state index in [0.29, 0.717) is 34.3 Å². The highest BCUT2D eigenvalue weighted by Gasteiger charge is 2.18. The number of ether oxygens (including phenoxy) is 1. The lowest BCUT2D eigenvalue weighted by Gasteiger charge is -2.16. The monoisotopic (exact) mass is 512 g/mol. The molecule has 0 bridgehead atoms. The summed E-state index contributed by atoms with van der Waals surface area (Å²) >= 11 is 1.46. The van der Waals surface area contributed by atoms with E-state index in [1.807, 2.05) is 106 Å². The Bertz CT molecular complexity index is 1610. The third-order valence-electron chi connectivity index (χ3n) is 6.02. The van der Waals surface area contributed by atoms with Crippen molar-refractivity contribution in [2.45, 2.75) is 24.8 Å². The lowest BCUT2D eigenvalue weighted by Crippen LogP contribution is -2.22. The molecule has 7 nitrogen and oxygen atoms in total. The number of fused-ring (bicyclic) bond motifs is 1. The van der Waals surface area contributed by atoms with Gasteiger partial charge >= 0.3 is 0 Å². The van der Waals surface area contributed by atoms with Crippen LogP contribution in [0.15, 0.2) is 87.2 Å². The van der Waals surface area contributed by atoms with E-state index in [1.54, 1.807) is 4.57 Å². The third-order valence-corrected chi connectivity index (χ3v) is 6.97. The molecule has 0 aliphatic rings. The van der Waals surface area contributed by atoms with Crippen molar-refractivity contribution in [3.8, 4) is 22.9 Å². The Morgan fingerprint density at radius 2 is 1.70 bits per heavy atom. The Morgan fingerprint density at radius 3 is 2.46 bits per heavy atom. The summed E-state index contributed by atoms with van der Waals surface area (Å²) in [5.74, 6) is 2.46. The van der Waals surface area contributed by atoms with Gasteiger partial charge in [0.15, 0.2) is 5.16 Å². The highest BCUT2D eigenvalue weighted by molar-refractivity contribution is 7.98. The topological polar surface area (TPSA) is 73.4 Å². The van der Waals surface area contributed by atoms with Gasteiger partial charge in [-0.05, 0) is 62.4 Å². The molecule has 0 aliphatic carbocycles. The molecule has 0 saturated heterocycles. The molecule has 5 aromatic rings. The molecule has 3 aromatic carbocycles. The number of anilines is 1. The zero-order chi connectivity index (χ0) is 25.9. The fraction of sp³-hybridized carbons (Fsp3) is 0.207. The molecule has 0 radical (unpaired) electrons. The van der Waals surface area contributed by atoms with E-state index < -0.39 is 0 Å². The van der Waals surface area contributed by atoms with Crippen LogP contribution in [0.1, 0.15) is 18.4 Å². The Balaban J connectivity index is 1.52. The zero-order valence-corrected chi connectivity index (χ0v) is 22.1. The number of rotatable bonds is 8. The van der Waals surface area contributed by atoms with Crippen molar-refractivity contribution in [1.29, 1.82) is 0 Å². The molecule has 0 N–H and O–H groups in total. The molecule has 0 amide bonds. The van der Waals surface area contributed by atoms with Crippen molar-refractivity contribution in [2.75, 3.05) is 25.6 Å². The molecule has 2 heterocycles. The first-order chi connectivity index (χ1) is 18.0. The fourth-order valence-electron chi connectivity index (χ4n) is 4.07. The van der Waals surface area contributed by atoms with Crippen molar-refractivity contribution in [3.63, 3.8) is 0 Å². The summed E-state index contributed by atoms with van der Waals surface area (Å²) in [5, 5.41) is 1.18. The van der Waals surface area contributed by atoms with E-state index >= 15 is 0 Å². The number of benzene rings is 3. The van der Waals surface area contributed by atoms with E-state index in [-0.39, 0.29) is 5.56 Å². The molecule has 2 aromatic heterocycles. The van der Waals surface area contributed by atoms with Crippen LogP contribution in [0.5, 0.6) is 5.75 Å². The first-order valence-electron chi connectivity index (χ1n) is 12.1. The van der Waals surface area contributed by atoms with Gasteiger partial charge in [-0.2, -0.15) is 0 Å². The minimum Gasteiger partial charge on any atom is -0.493 e. The largest absolute Gasteiger partial charge is 0.493 e. The number of nitrogens with zero attached hydrogens (tertiary/aromatic N) is 4. The quantitative estimate of drug-likeness (QED) is 0.184. The van der Waals surface area contributed by atoms with E-state index in [4.69, 9.17) is 19.1 Å². The average Bonchev–Trinajstić information content (AvgIpc) is 3.28. The second-order valence-electron chi connectivity index (χ2n) is 8.70. The van der Waals surface area contributed by atoms with E-state index in [9.17, 15) is 4.79 Å². The van der Waals surface area contributed by atoms with Crippen LogP contribution in [-0.2, 0) is 5.75 Å². The molecule has 0 saturated carbocycles. The number of oxazole rings is 1. The number of para-hydroxylation sites is 2. The van der Waals surface area contributed by atoms with Crippen LogP contribution in [0.25, 0.3) is 28.0 Å². The van der Waals surface area contributed by atoms with Gasteiger partial charge in [0.05, 0.1) is 34.5 Å². The van der Waals surface area contributed by atoms with Gasteiger partial charge in [-0.1, -0.05) is 36.0 Å². The van der Waals surface area contributed by atoms with Crippen molar-refractivity contribution < 1.29 is 9.15 Å². The first-order valence-corrected chi connectivity index (χ1v) is 13.1. The molecule has 0 spiro atoms. The van der Waals surface area contributed by atoms with Gasteiger partial charge in [-0.25, -0.2) is 9.97 Å². The van der Waals surface area contributed by atoms with Crippen molar-refractivity contribution in [1.82, 2.24) is 14.5 Å². The average molecular weight is 513 g/mol. The molecule has 37 heavy (non-hydrogen) atoms. The molecular formula is C29H28N4O3S. The molecule has 0 unspecified atom stereocenters. The summed E-state index contributed by atoms with van der Waals surface area (Å²) in [4.78, 5) is 25.2. The Labute approximate surface area is 219 Å². The van der Waals surface area contributed by atoms with E-state index in [1.165, 1.54) is 11.8 Å². The van der Waals surface area contributed by atoms with Crippen LogP contribution in [-0.4, -0.2) is 35.2 Å². The predicted octanol–water partition coefficient (Wildman–Crippen LogP) is 6.11. The zero-order valence-electron chi connectivity index (χ0n) is 21.3. The minimum absolute atomic E-state index is 0.103. The molecule has 5 rings (SSSR count). The maximum Gasteiger partial charge on any atom is 0.266 e. The van der Waals surface area contributed by atoms with Crippen LogP contribution < -0.4 is 15.2 Å². The molecule has 0 fully saturated rings. The van der Waals surface area contributed by atoms with Gasteiger partial charge in [0.25, 0.3) is 5.56 Å². The number of aromatic nitrogens is 3. The normalized spacial score (nSPS) is 11.1. The van der Waals surface area contributed by atoms with Crippen molar-refractivity contribution in [3.05, 3.63) is 94.6 Å². The van der Waals surface area contributed by atoms with Gasteiger partial charge in [0.2, 0.25) is 5.89 Å². The standard InChI is InChI=1S/C29H28N4O3S/c1-5-35-26-13-9-7-11-23(26)27-30-25(19(2)36-27)18-37-29-31-24-12-8-6-10-22(24)28(34)33(29)21-16-14-20(15-17-21)32(3)4/h6-17H,5,18H2,1-4H3. The molecule has 0 atom stereocenters. The van der Waals surface area contributed by atoms with Gasteiger partial charge in [-0.15, -0.1) is 0 Å². The maximum absolute atomic E-state index is 13.6. The highest BCUT2D eigenvalue weighted by atomic mass is 32.2. The number of aryl methyl sites for hydroxylation is 1. The Hall–Kier alpha value is -4.04. The second-order valence-corrected chi connectivity index (χ2v) is 9.65. The Morgan fingerprint density at radius 1 is 0.973 bits per heavy atom. The van der Waals surface area contributed by atoms with Crippen molar-refractivity contribution in [2.24, 2.45) is 0 Å². The highest BCUT2D eigenvalue weighted by Crippen LogP contribution is 2.33. The molecule has 188 valence electrons. The smallest absolute Gasteiger partial charge is 0.266 e. The summed E-state index contributed by atoms with van der Waals surface area (Å²) in [6, 6.07) is 23.0. The van der Waals surface area contributed by atoms with Gasteiger partial charge in [0, 0.05) is 25.5 Å². The molecule has 8 heteroatoms. The molecular weight excluding hydrogens is 484 g/mol. The fourth-order valence-corrected chi connectivity index (χ4v) is 5.09. The van der Waals surface area contributed by atoms with E-state index in [2.05, 4.69) is 0 Å². The number of hydrogen-bond acceptors (Lipinski definition) is 7. The van der Waals surface area contributed by atoms with Crippen LogP contribution in [0.3, 0.4) is 0 Å². The van der Waals surface area contributed by atoms with Crippen LogP contribution in [0.2, 0.25) is 0 Å². The van der Waals surface area contributed by atoms with E-state index in [0.717, 1.165) is 34.1 Å². The summed E-state index contributed by atoms with van der Waals surface area (Å²) in [6.07, 6.45) is 0. The summed E-state index contributed by atoms with van der Waals surface area (Å²) < 4.78 is 13.5. The lowest BCUT2D eigenvalue weighted by molar-refractivity contribution is 0.340. The number of hydrogen-bond donors (Lipinski definition) is 0. The maximum atomic E-state index is 13.6. The van der Waals surface area contributed by atoms with Crippen LogP contribution in [0.4, 0.5) is 5.69 Å². The predicted molar refractivity (Wildman–Crippen MR) is 149 cm³/mol. The molecule has 0 aliphatic heterocycles. The first kappa shape index (κ1) is 24.6. The Kier molecular flexibility index (Phi) is 7.01. The summed E-state index contributed by atoms with van der Waals surface area (Å²) in [7, 11) is 3.97. The van der Waals surface area contributed by atoms with Gasteiger partial charge < -0.3 is 14.1 Å². The van der Waals surface area contributed by atoms with Gasteiger partial charge in [-0.3, -0.25) is 9.36 Å². The van der Waals surface area contributed by atoms with Crippen molar-refractivity contribution >= 4 is 28.4 Å². The number of thioether (sulfide) groups is 1. The van der Waals surface area contributed by atoms with Crippen LogP contribution in [0, 0.1) is 6.92 Å².